The van der Waals surface area contributed by atoms with Gasteiger partial charge in [-0.15, -0.1) is 0 Å². The molecule has 2 saturated carbocycles. The fraction of sp³-hybridized carbons (Fsp3) is 0.483. The van der Waals surface area contributed by atoms with Crippen molar-refractivity contribution in [2.45, 2.75) is 57.9 Å². The number of halogens is 3. The molecule has 5 rings (SSSR count). The normalized spacial score (nSPS) is 31.5. The molecule has 196 valence electrons. The number of fused-ring (bicyclic) bond motifs is 2. The highest BCUT2D eigenvalue weighted by Gasteiger charge is 2.56. The number of ether oxygens (including phenoxy) is 2. The molecule has 0 amide bonds. The Morgan fingerprint density at radius 3 is 2.65 bits per heavy atom. The summed E-state index contributed by atoms with van der Waals surface area (Å²) in [7, 11) is 0. The highest BCUT2D eigenvalue weighted by molar-refractivity contribution is 5.76. The molecule has 3 fully saturated rings. The fourth-order valence-electron chi connectivity index (χ4n) is 6.70. The molecule has 3 aliphatic rings. The lowest BCUT2D eigenvalue weighted by molar-refractivity contribution is -0.157. The first-order valence-electron chi connectivity index (χ1n) is 12.8. The number of carbonyl (C=O) groups is 2. The van der Waals surface area contributed by atoms with Crippen molar-refractivity contribution in [1.82, 2.24) is 4.98 Å². The van der Waals surface area contributed by atoms with Gasteiger partial charge in [-0.05, 0) is 74.3 Å². The van der Waals surface area contributed by atoms with Crippen LogP contribution in [0.3, 0.4) is 0 Å². The largest absolute Gasteiger partial charge is 0.462 e. The van der Waals surface area contributed by atoms with Crippen LogP contribution in [-0.2, 0) is 25.2 Å². The summed E-state index contributed by atoms with van der Waals surface area (Å²) in [4.78, 5) is 28.9. The molecule has 1 aromatic carbocycles. The molecule has 0 N–H and O–H groups in total. The summed E-state index contributed by atoms with van der Waals surface area (Å²) < 4.78 is 50.6. The van der Waals surface area contributed by atoms with Crippen LogP contribution in [0.25, 0.3) is 17.2 Å². The van der Waals surface area contributed by atoms with Crippen molar-refractivity contribution in [2.75, 3.05) is 0 Å². The van der Waals surface area contributed by atoms with E-state index in [1.807, 2.05) is 13.0 Å². The zero-order valence-electron chi connectivity index (χ0n) is 20.8. The highest BCUT2D eigenvalue weighted by Crippen LogP contribution is 2.54. The van der Waals surface area contributed by atoms with Gasteiger partial charge in [-0.2, -0.15) is 13.2 Å². The van der Waals surface area contributed by atoms with Crippen LogP contribution in [-0.4, -0.2) is 29.1 Å². The Balaban J connectivity index is 1.39. The topological polar surface area (TPSA) is 65.5 Å². The van der Waals surface area contributed by atoms with Crippen molar-refractivity contribution in [3.05, 3.63) is 59.9 Å². The highest BCUT2D eigenvalue weighted by atomic mass is 19.4. The predicted molar refractivity (Wildman–Crippen MR) is 131 cm³/mol. The van der Waals surface area contributed by atoms with Crippen molar-refractivity contribution >= 4 is 18.0 Å². The molecule has 0 radical (unpaired) electrons. The number of nitrogens with zero attached hydrogens (tertiary/aromatic N) is 1. The fourth-order valence-corrected chi connectivity index (χ4v) is 6.70. The average molecular weight is 514 g/mol. The van der Waals surface area contributed by atoms with E-state index in [2.05, 4.69) is 11.1 Å². The number of rotatable bonds is 4. The summed E-state index contributed by atoms with van der Waals surface area (Å²) in [5, 5.41) is 0. The molecule has 2 aromatic rings. The van der Waals surface area contributed by atoms with E-state index in [-0.39, 0.29) is 53.7 Å². The maximum absolute atomic E-state index is 13.1. The van der Waals surface area contributed by atoms with E-state index < -0.39 is 11.7 Å². The molecule has 2 heterocycles. The smallest absolute Gasteiger partial charge is 0.416 e. The minimum atomic E-state index is -4.40. The van der Waals surface area contributed by atoms with Gasteiger partial charge in [0.05, 0.1) is 17.2 Å². The predicted octanol–water partition coefficient (Wildman–Crippen LogP) is 6.33. The van der Waals surface area contributed by atoms with Crippen molar-refractivity contribution in [3.8, 4) is 11.1 Å². The van der Waals surface area contributed by atoms with Crippen LogP contribution in [0.5, 0.6) is 0 Å². The van der Waals surface area contributed by atoms with Gasteiger partial charge < -0.3 is 9.47 Å². The first kappa shape index (κ1) is 25.5. The molecule has 2 aliphatic carbocycles. The maximum Gasteiger partial charge on any atom is 0.416 e. The molecule has 8 heteroatoms. The summed E-state index contributed by atoms with van der Waals surface area (Å²) >= 11 is 0. The Morgan fingerprint density at radius 2 is 1.95 bits per heavy atom. The minimum absolute atomic E-state index is 0.0467. The lowest BCUT2D eigenvalue weighted by Gasteiger charge is -2.48. The number of esters is 2. The quantitative estimate of drug-likeness (QED) is 0.447. The number of pyridine rings is 1. The van der Waals surface area contributed by atoms with Gasteiger partial charge in [-0.1, -0.05) is 24.3 Å². The van der Waals surface area contributed by atoms with Crippen molar-refractivity contribution < 1.29 is 32.2 Å². The molecule has 1 aliphatic heterocycles. The van der Waals surface area contributed by atoms with Crippen LogP contribution in [0.15, 0.2) is 48.7 Å². The van der Waals surface area contributed by atoms with E-state index in [1.165, 1.54) is 13.0 Å². The third-order valence-electron chi connectivity index (χ3n) is 8.25. The van der Waals surface area contributed by atoms with E-state index in [4.69, 9.17) is 9.47 Å². The molecule has 37 heavy (non-hydrogen) atoms. The van der Waals surface area contributed by atoms with Gasteiger partial charge in [0, 0.05) is 30.5 Å². The standard InChI is InChI=1S/C29H30F3NO4/c1-16-27-23(22-7-4-8-26(37-17(2)34)24(22)14-25(27)28(35)36-16)12-11-21-10-9-19(15-33-21)18-5-3-6-20(13-18)29(30,31)32/h3,5-6,9-13,15-16,22-27H,4,7-8,14H2,1-2H3/t16-,22?,23+,24?,25?,26?,27?/m1/s1. The summed E-state index contributed by atoms with van der Waals surface area (Å²) in [6.07, 6.45) is 4.22. The van der Waals surface area contributed by atoms with Crippen LogP contribution >= 0.6 is 0 Å². The van der Waals surface area contributed by atoms with Gasteiger partial charge in [0.1, 0.15) is 12.2 Å². The monoisotopic (exact) mass is 513 g/mol. The number of cyclic esters (lactones) is 1. The molecule has 1 saturated heterocycles. The van der Waals surface area contributed by atoms with Gasteiger partial charge in [0.2, 0.25) is 0 Å². The first-order chi connectivity index (χ1) is 17.6. The van der Waals surface area contributed by atoms with Crippen LogP contribution < -0.4 is 0 Å². The zero-order chi connectivity index (χ0) is 26.3. The molecular weight excluding hydrogens is 483 g/mol. The maximum atomic E-state index is 13.1. The number of aromatic nitrogens is 1. The van der Waals surface area contributed by atoms with Crippen LogP contribution in [0.2, 0.25) is 0 Å². The average Bonchev–Trinajstić information content (AvgIpc) is 3.15. The third-order valence-corrected chi connectivity index (χ3v) is 8.25. The van der Waals surface area contributed by atoms with Crippen LogP contribution in [0, 0.1) is 29.6 Å². The Hall–Kier alpha value is -3.16. The second-order valence-electron chi connectivity index (χ2n) is 10.5. The number of hydrogen-bond donors (Lipinski definition) is 0. The van der Waals surface area contributed by atoms with Crippen LogP contribution in [0.1, 0.15) is 50.8 Å². The summed E-state index contributed by atoms with van der Waals surface area (Å²) in [5.41, 5.74) is 1.03. The third kappa shape index (κ3) is 5.15. The summed E-state index contributed by atoms with van der Waals surface area (Å²) in [6.45, 7) is 3.37. The van der Waals surface area contributed by atoms with E-state index in [0.717, 1.165) is 31.4 Å². The minimum Gasteiger partial charge on any atom is -0.462 e. The number of hydrogen-bond acceptors (Lipinski definition) is 5. The number of carbonyl (C=O) groups excluding carboxylic acids is 2. The van der Waals surface area contributed by atoms with Crippen molar-refractivity contribution in [2.24, 2.45) is 29.6 Å². The Morgan fingerprint density at radius 1 is 1.14 bits per heavy atom. The van der Waals surface area contributed by atoms with Crippen LogP contribution in [0.4, 0.5) is 13.2 Å². The Labute approximate surface area is 214 Å². The Kier molecular flexibility index (Phi) is 6.86. The second kappa shape index (κ2) is 9.95. The van der Waals surface area contributed by atoms with Gasteiger partial charge in [0.15, 0.2) is 0 Å². The van der Waals surface area contributed by atoms with Gasteiger partial charge in [0.25, 0.3) is 0 Å². The lowest BCUT2D eigenvalue weighted by atomic mass is 9.56. The summed E-state index contributed by atoms with van der Waals surface area (Å²) in [5.74, 6) is -0.228. The molecule has 5 unspecified atom stereocenters. The van der Waals surface area contributed by atoms with E-state index in [0.29, 0.717) is 23.2 Å². The number of allylic oxidation sites excluding steroid dienone is 1. The number of alkyl halides is 3. The first-order valence-corrected chi connectivity index (χ1v) is 12.8. The lowest BCUT2D eigenvalue weighted by Crippen LogP contribution is -2.48. The SMILES string of the molecule is CC(=O)OC1CCCC2C1CC1C(=O)O[C@H](C)C1[C@H]2C=Cc1ccc(-c2cccc(C(F)(F)F)c2)cn1. The van der Waals surface area contributed by atoms with Gasteiger partial charge in [-0.25, -0.2) is 0 Å². The van der Waals surface area contributed by atoms with Crippen molar-refractivity contribution in [1.29, 1.82) is 0 Å². The molecule has 7 atom stereocenters. The molecule has 5 nitrogen and oxygen atoms in total. The van der Waals surface area contributed by atoms with Gasteiger partial charge >= 0.3 is 18.1 Å². The summed E-state index contributed by atoms with van der Waals surface area (Å²) in [6, 6.07) is 8.74. The zero-order valence-corrected chi connectivity index (χ0v) is 20.8. The molecular formula is C29H30F3NO4. The Bertz CT molecular complexity index is 1190. The molecule has 0 spiro atoms. The van der Waals surface area contributed by atoms with E-state index in [9.17, 15) is 22.8 Å². The molecule has 0 bridgehead atoms. The van der Waals surface area contributed by atoms with Gasteiger partial charge in [-0.3, -0.25) is 14.6 Å². The second-order valence-corrected chi connectivity index (χ2v) is 10.5. The number of benzene rings is 1. The van der Waals surface area contributed by atoms with E-state index in [1.54, 1.807) is 24.4 Å². The van der Waals surface area contributed by atoms with E-state index >= 15 is 0 Å². The van der Waals surface area contributed by atoms with Crippen molar-refractivity contribution in [3.63, 3.8) is 0 Å². The molecule has 1 aromatic heterocycles.